The van der Waals surface area contributed by atoms with Crippen LogP contribution in [0.2, 0.25) is 0 Å². The maximum atomic E-state index is 9.11. The summed E-state index contributed by atoms with van der Waals surface area (Å²) in [5.41, 5.74) is 1.77. The van der Waals surface area contributed by atoms with Crippen LogP contribution in [0, 0.1) is 0 Å². The molecule has 1 unspecified atom stereocenters. The Morgan fingerprint density at radius 3 is 2.48 bits per heavy atom. The van der Waals surface area contributed by atoms with Gasteiger partial charge in [0, 0.05) is 38.8 Å². The number of likely N-dealkylation sites (tertiary alicyclic amines) is 1. The van der Waals surface area contributed by atoms with Crippen LogP contribution in [0.1, 0.15) is 12.0 Å². The minimum atomic E-state index is -1.38. The highest BCUT2D eigenvalue weighted by atomic mass is 16.5. The largest absolute Gasteiger partial charge is 0.488 e. The van der Waals surface area contributed by atoms with Crippen molar-refractivity contribution in [2.45, 2.75) is 19.0 Å². The highest BCUT2D eigenvalue weighted by Gasteiger charge is 2.28. The Labute approximate surface area is 126 Å². The SMILES string of the molecule is OB(O)c1ccc(CN2CCC(N3CCOCC3)C2)cc1. The number of morpholine rings is 1. The van der Waals surface area contributed by atoms with E-state index in [1.165, 1.54) is 12.0 Å². The normalized spacial score (nSPS) is 24.4. The van der Waals surface area contributed by atoms with E-state index in [0.29, 0.717) is 11.5 Å². The van der Waals surface area contributed by atoms with E-state index < -0.39 is 7.12 Å². The van der Waals surface area contributed by atoms with Crippen molar-refractivity contribution >= 4 is 12.6 Å². The molecule has 2 heterocycles. The smallest absolute Gasteiger partial charge is 0.423 e. The third-order valence-electron chi connectivity index (χ3n) is 4.49. The second-order valence-corrected chi connectivity index (χ2v) is 5.94. The molecule has 0 bridgehead atoms. The van der Waals surface area contributed by atoms with E-state index in [1.54, 1.807) is 12.1 Å². The van der Waals surface area contributed by atoms with Crippen LogP contribution < -0.4 is 5.46 Å². The summed E-state index contributed by atoms with van der Waals surface area (Å²) in [6.07, 6.45) is 1.23. The molecule has 3 rings (SSSR count). The van der Waals surface area contributed by atoms with Gasteiger partial charge in [-0.2, -0.15) is 0 Å². The van der Waals surface area contributed by atoms with Crippen LogP contribution in [-0.4, -0.2) is 72.4 Å². The number of hydrogen-bond donors (Lipinski definition) is 2. The molecule has 2 aliphatic rings. The highest BCUT2D eigenvalue weighted by molar-refractivity contribution is 6.58. The molecule has 2 N–H and O–H groups in total. The van der Waals surface area contributed by atoms with E-state index >= 15 is 0 Å². The van der Waals surface area contributed by atoms with Gasteiger partial charge in [0.25, 0.3) is 0 Å². The summed E-state index contributed by atoms with van der Waals surface area (Å²) in [6, 6.07) is 8.20. The van der Waals surface area contributed by atoms with Crippen LogP contribution in [0.4, 0.5) is 0 Å². The van der Waals surface area contributed by atoms with E-state index in [9.17, 15) is 0 Å². The van der Waals surface area contributed by atoms with Crippen LogP contribution in [0.25, 0.3) is 0 Å². The van der Waals surface area contributed by atoms with E-state index in [2.05, 4.69) is 9.80 Å². The summed E-state index contributed by atoms with van der Waals surface area (Å²) in [5, 5.41) is 18.2. The Bertz CT molecular complexity index is 449. The van der Waals surface area contributed by atoms with E-state index in [4.69, 9.17) is 14.8 Å². The number of hydrogen-bond acceptors (Lipinski definition) is 5. The molecular formula is C15H23BN2O3. The van der Waals surface area contributed by atoms with Crippen LogP contribution >= 0.6 is 0 Å². The van der Waals surface area contributed by atoms with Crippen molar-refractivity contribution in [1.29, 1.82) is 0 Å². The molecule has 2 fully saturated rings. The summed E-state index contributed by atoms with van der Waals surface area (Å²) >= 11 is 0. The third kappa shape index (κ3) is 3.84. The van der Waals surface area contributed by atoms with Gasteiger partial charge in [-0.05, 0) is 17.4 Å². The number of ether oxygens (including phenoxy) is 1. The fourth-order valence-corrected chi connectivity index (χ4v) is 3.25. The lowest BCUT2D eigenvalue weighted by molar-refractivity contribution is 0.0184. The Kier molecular flexibility index (Phi) is 4.93. The van der Waals surface area contributed by atoms with Crippen LogP contribution in [0.3, 0.4) is 0 Å². The van der Waals surface area contributed by atoms with Gasteiger partial charge in [-0.3, -0.25) is 9.80 Å². The average molecular weight is 290 g/mol. The van der Waals surface area contributed by atoms with Gasteiger partial charge in [0.2, 0.25) is 0 Å². The van der Waals surface area contributed by atoms with E-state index in [0.717, 1.165) is 45.9 Å². The molecule has 0 aromatic heterocycles. The van der Waals surface area contributed by atoms with Crippen molar-refractivity contribution in [2.75, 3.05) is 39.4 Å². The zero-order valence-corrected chi connectivity index (χ0v) is 12.3. The van der Waals surface area contributed by atoms with Gasteiger partial charge in [-0.25, -0.2) is 0 Å². The van der Waals surface area contributed by atoms with Gasteiger partial charge < -0.3 is 14.8 Å². The first kappa shape index (κ1) is 15.0. The first-order valence-electron chi connectivity index (χ1n) is 7.71. The molecule has 0 spiro atoms. The second-order valence-electron chi connectivity index (χ2n) is 5.94. The summed E-state index contributed by atoms with van der Waals surface area (Å²) in [5.74, 6) is 0. The van der Waals surface area contributed by atoms with Gasteiger partial charge in [0.1, 0.15) is 0 Å². The second kappa shape index (κ2) is 6.90. The molecule has 114 valence electrons. The lowest BCUT2D eigenvalue weighted by Crippen LogP contribution is -2.44. The van der Waals surface area contributed by atoms with Crippen LogP contribution in [0.5, 0.6) is 0 Å². The molecule has 1 aromatic rings. The van der Waals surface area contributed by atoms with Gasteiger partial charge in [-0.1, -0.05) is 24.3 Å². The highest BCUT2D eigenvalue weighted by Crippen LogP contribution is 2.18. The fourth-order valence-electron chi connectivity index (χ4n) is 3.25. The summed E-state index contributed by atoms with van der Waals surface area (Å²) < 4.78 is 5.42. The number of nitrogens with zero attached hydrogens (tertiary/aromatic N) is 2. The lowest BCUT2D eigenvalue weighted by atomic mass is 9.80. The molecule has 1 atom stereocenters. The molecule has 21 heavy (non-hydrogen) atoms. The molecule has 2 aliphatic heterocycles. The topological polar surface area (TPSA) is 56.2 Å². The van der Waals surface area contributed by atoms with Crippen molar-refractivity contribution < 1.29 is 14.8 Å². The standard InChI is InChI=1S/C15H23BN2O3/c19-16(20)14-3-1-13(2-4-14)11-17-6-5-15(12-17)18-7-9-21-10-8-18/h1-4,15,19-20H,5-12H2. The van der Waals surface area contributed by atoms with Crippen molar-refractivity contribution in [3.05, 3.63) is 29.8 Å². The monoisotopic (exact) mass is 290 g/mol. The van der Waals surface area contributed by atoms with E-state index in [-0.39, 0.29) is 0 Å². The number of benzene rings is 1. The van der Waals surface area contributed by atoms with Crippen LogP contribution in [0.15, 0.2) is 24.3 Å². The molecule has 5 nitrogen and oxygen atoms in total. The first-order valence-corrected chi connectivity index (χ1v) is 7.71. The number of rotatable bonds is 4. The Balaban J connectivity index is 1.52. The average Bonchev–Trinajstić information content (AvgIpc) is 2.97. The molecule has 0 aliphatic carbocycles. The lowest BCUT2D eigenvalue weighted by Gasteiger charge is -2.32. The Morgan fingerprint density at radius 1 is 1.10 bits per heavy atom. The van der Waals surface area contributed by atoms with Crippen molar-refractivity contribution in [3.63, 3.8) is 0 Å². The van der Waals surface area contributed by atoms with Crippen molar-refractivity contribution in [3.8, 4) is 0 Å². The van der Waals surface area contributed by atoms with Gasteiger partial charge in [-0.15, -0.1) is 0 Å². The van der Waals surface area contributed by atoms with Gasteiger partial charge in [0.15, 0.2) is 0 Å². The zero-order valence-electron chi connectivity index (χ0n) is 12.3. The maximum absolute atomic E-state index is 9.11. The molecule has 2 saturated heterocycles. The zero-order chi connectivity index (χ0) is 14.7. The van der Waals surface area contributed by atoms with Crippen molar-refractivity contribution in [2.24, 2.45) is 0 Å². The predicted octanol–water partition coefficient (Wildman–Crippen LogP) is -0.727. The Morgan fingerprint density at radius 2 is 1.81 bits per heavy atom. The Hall–Kier alpha value is -0.915. The summed E-state index contributed by atoms with van der Waals surface area (Å²) in [7, 11) is -1.38. The van der Waals surface area contributed by atoms with E-state index in [1.807, 2.05) is 12.1 Å². The molecule has 1 aromatic carbocycles. The van der Waals surface area contributed by atoms with Gasteiger partial charge >= 0.3 is 7.12 Å². The van der Waals surface area contributed by atoms with Crippen molar-refractivity contribution in [1.82, 2.24) is 9.80 Å². The minimum absolute atomic E-state index is 0.548. The fraction of sp³-hybridized carbons (Fsp3) is 0.600. The predicted molar refractivity (Wildman–Crippen MR) is 82.3 cm³/mol. The summed E-state index contributed by atoms with van der Waals surface area (Å²) in [4.78, 5) is 5.03. The maximum Gasteiger partial charge on any atom is 0.488 e. The third-order valence-corrected chi connectivity index (χ3v) is 4.49. The van der Waals surface area contributed by atoms with Gasteiger partial charge in [0.05, 0.1) is 13.2 Å². The minimum Gasteiger partial charge on any atom is -0.423 e. The molecule has 0 radical (unpaired) electrons. The molecular weight excluding hydrogens is 267 g/mol. The quantitative estimate of drug-likeness (QED) is 0.716. The molecule has 0 saturated carbocycles. The molecule has 0 amide bonds. The van der Waals surface area contributed by atoms with Crippen LogP contribution in [-0.2, 0) is 11.3 Å². The summed E-state index contributed by atoms with van der Waals surface area (Å²) in [6.45, 7) is 7.02. The molecule has 6 heteroatoms. The first-order chi connectivity index (χ1) is 10.2.